The molecule has 0 saturated heterocycles. The van der Waals surface area contributed by atoms with Crippen LogP contribution in [0.2, 0.25) is 0 Å². The zero-order chi connectivity index (χ0) is 32.0. The molecular formula is C34H49N3O6. The monoisotopic (exact) mass is 595 g/mol. The highest BCUT2D eigenvalue weighted by Crippen LogP contribution is 2.26. The van der Waals surface area contributed by atoms with Gasteiger partial charge in [-0.1, -0.05) is 92.3 Å². The third-order valence-electron chi connectivity index (χ3n) is 6.81. The molecule has 2 N–H and O–H groups in total. The van der Waals surface area contributed by atoms with Crippen LogP contribution in [0.25, 0.3) is 0 Å². The molecule has 0 aromatic heterocycles. The summed E-state index contributed by atoms with van der Waals surface area (Å²) in [6.07, 6.45) is 4.18. The largest absolute Gasteiger partial charge is 0.468 e. The predicted octanol–water partition coefficient (Wildman–Crippen LogP) is 5.57. The third-order valence-corrected chi connectivity index (χ3v) is 6.81. The second kappa shape index (κ2) is 17.3. The summed E-state index contributed by atoms with van der Waals surface area (Å²) in [4.78, 5) is 54.8. The first kappa shape index (κ1) is 35.3. The fourth-order valence-corrected chi connectivity index (χ4v) is 4.92. The van der Waals surface area contributed by atoms with Gasteiger partial charge >= 0.3 is 12.1 Å². The second-order valence-corrected chi connectivity index (χ2v) is 12.0. The molecule has 0 radical (unpaired) electrons. The van der Waals surface area contributed by atoms with Crippen LogP contribution in [-0.2, 0) is 30.3 Å². The summed E-state index contributed by atoms with van der Waals surface area (Å²) in [5.74, 6) is -1.52. The number of rotatable bonds is 15. The summed E-state index contributed by atoms with van der Waals surface area (Å²) < 4.78 is 10.2. The Labute approximate surface area is 256 Å². The van der Waals surface area contributed by atoms with E-state index in [0.717, 1.165) is 42.4 Å². The van der Waals surface area contributed by atoms with Gasteiger partial charge in [-0.15, -0.1) is 0 Å². The van der Waals surface area contributed by atoms with E-state index in [1.807, 2.05) is 62.4 Å². The van der Waals surface area contributed by atoms with Crippen LogP contribution in [0.15, 0.2) is 48.5 Å². The minimum atomic E-state index is -1.04. The van der Waals surface area contributed by atoms with E-state index in [4.69, 9.17) is 9.47 Å². The van der Waals surface area contributed by atoms with E-state index >= 15 is 0 Å². The maximum Gasteiger partial charge on any atom is 0.408 e. The van der Waals surface area contributed by atoms with Crippen LogP contribution in [0.5, 0.6) is 0 Å². The number of esters is 1. The number of hydrogen-bond donors (Lipinski definition) is 2. The quantitative estimate of drug-likeness (QED) is 0.206. The van der Waals surface area contributed by atoms with Crippen molar-refractivity contribution in [3.05, 3.63) is 70.8 Å². The highest BCUT2D eigenvalue weighted by atomic mass is 16.6. The van der Waals surface area contributed by atoms with Crippen molar-refractivity contribution < 1.29 is 28.7 Å². The number of nitrogens with zero attached hydrogens (tertiary/aromatic N) is 1. The number of aryl methyl sites for hydroxylation is 2. The van der Waals surface area contributed by atoms with Crippen LogP contribution in [0, 0.1) is 13.8 Å². The molecule has 0 bridgehead atoms. The summed E-state index contributed by atoms with van der Waals surface area (Å²) in [6, 6.07) is 13.1. The Morgan fingerprint density at radius 1 is 0.907 bits per heavy atom. The van der Waals surface area contributed by atoms with Crippen LogP contribution in [-0.4, -0.2) is 60.6 Å². The van der Waals surface area contributed by atoms with Crippen LogP contribution >= 0.6 is 0 Å². The smallest absolute Gasteiger partial charge is 0.408 e. The summed E-state index contributed by atoms with van der Waals surface area (Å²) in [5.41, 5.74) is 2.57. The molecule has 236 valence electrons. The molecule has 0 aliphatic carbocycles. The van der Waals surface area contributed by atoms with Gasteiger partial charge in [-0.3, -0.25) is 14.4 Å². The molecule has 0 aliphatic rings. The average molecular weight is 596 g/mol. The van der Waals surface area contributed by atoms with Crippen molar-refractivity contribution in [3.8, 4) is 0 Å². The number of methoxy groups -OCH3 is 1. The van der Waals surface area contributed by atoms with Gasteiger partial charge in [0.2, 0.25) is 11.8 Å². The maximum atomic E-state index is 14.5. The summed E-state index contributed by atoms with van der Waals surface area (Å²) in [5, 5.41) is 5.44. The Hall–Kier alpha value is -3.88. The predicted molar refractivity (Wildman–Crippen MR) is 167 cm³/mol. The Kier molecular flexibility index (Phi) is 14.2. The minimum Gasteiger partial charge on any atom is -0.468 e. The van der Waals surface area contributed by atoms with Crippen molar-refractivity contribution in [2.45, 2.75) is 97.8 Å². The Bertz CT molecular complexity index is 1190. The first-order valence-electron chi connectivity index (χ1n) is 15.1. The van der Waals surface area contributed by atoms with Crippen LogP contribution < -0.4 is 10.6 Å². The highest BCUT2D eigenvalue weighted by molar-refractivity contribution is 5.93. The van der Waals surface area contributed by atoms with Gasteiger partial charge < -0.3 is 25.0 Å². The zero-order valence-corrected chi connectivity index (χ0v) is 26.8. The number of hydrogen-bond acceptors (Lipinski definition) is 6. The van der Waals surface area contributed by atoms with Crippen molar-refractivity contribution in [1.82, 2.24) is 15.5 Å². The standard InChI is InChI=1S/C34H49N3O6/c1-8-9-10-11-15-18-37(30(31(39)35-23-29(38)42-7)27-20-24(2)19-25(3)21-27)32(40)28(22-26-16-13-12-14-17-26)36-33(41)43-34(4,5)6/h12-14,16-17,19-21,28,30H,8-11,15,18,22-23H2,1-7H3,(H,35,39)(H,36,41). The lowest BCUT2D eigenvalue weighted by Gasteiger charge is -2.35. The van der Waals surface area contributed by atoms with E-state index < -0.39 is 41.6 Å². The summed E-state index contributed by atoms with van der Waals surface area (Å²) in [7, 11) is 1.25. The molecule has 2 atom stereocenters. The summed E-state index contributed by atoms with van der Waals surface area (Å²) >= 11 is 0. The molecule has 0 spiro atoms. The Morgan fingerprint density at radius 3 is 2.12 bits per heavy atom. The number of nitrogens with one attached hydrogen (secondary N) is 2. The van der Waals surface area contributed by atoms with E-state index in [2.05, 4.69) is 17.6 Å². The second-order valence-electron chi connectivity index (χ2n) is 12.0. The van der Waals surface area contributed by atoms with E-state index in [9.17, 15) is 19.2 Å². The van der Waals surface area contributed by atoms with Gasteiger partial charge in [0.15, 0.2) is 0 Å². The lowest BCUT2D eigenvalue weighted by atomic mass is 9.97. The number of carbonyl (C=O) groups is 4. The number of ether oxygens (including phenoxy) is 2. The van der Waals surface area contributed by atoms with Gasteiger partial charge in [0.1, 0.15) is 24.2 Å². The van der Waals surface area contributed by atoms with Crippen molar-refractivity contribution in [2.24, 2.45) is 0 Å². The van der Waals surface area contributed by atoms with Gasteiger partial charge in [-0.05, 0) is 52.2 Å². The zero-order valence-electron chi connectivity index (χ0n) is 26.8. The fraction of sp³-hybridized carbons (Fsp3) is 0.529. The fourth-order valence-electron chi connectivity index (χ4n) is 4.92. The van der Waals surface area contributed by atoms with E-state index in [1.54, 1.807) is 20.8 Å². The van der Waals surface area contributed by atoms with Gasteiger partial charge in [0.25, 0.3) is 0 Å². The van der Waals surface area contributed by atoms with Crippen molar-refractivity contribution in [2.75, 3.05) is 20.2 Å². The molecule has 0 aliphatic heterocycles. The number of amides is 3. The van der Waals surface area contributed by atoms with E-state index in [-0.39, 0.29) is 19.5 Å². The molecule has 2 aromatic rings. The maximum absolute atomic E-state index is 14.5. The van der Waals surface area contributed by atoms with Crippen LogP contribution in [0.1, 0.15) is 88.1 Å². The van der Waals surface area contributed by atoms with Gasteiger partial charge in [0.05, 0.1) is 7.11 Å². The van der Waals surface area contributed by atoms with Crippen molar-refractivity contribution >= 4 is 23.9 Å². The molecule has 0 saturated carbocycles. The minimum absolute atomic E-state index is 0.203. The summed E-state index contributed by atoms with van der Waals surface area (Å²) in [6.45, 7) is 11.2. The molecule has 0 fully saturated rings. The lowest BCUT2D eigenvalue weighted by Crippen LogP contribution is -2.54. The molecular weight excluding hydrogens is 546 g/mol. The van der Waals surface area contributed by atoms with Crippen LogP contribution in [0.4, 0.5) is 4.79 Å². The molecule has 0 heterocycles. The third kappa shape index (κ3) is 12.5. The van der Waals surface area contributed by atoms with Crippen LogP contribution in [0.3, 0.4) is 0 Å². The molecule has 9 heteroatoms. The molecule has 43 heavy (non-hydrogen) atoms. The Balaban J connectivity index is 2.58. The Morgan fingerprint density at radius 2 is 1.53 bits per heavy atom. The normalized spacial score (nSPS) is 12.5. The molecule has 9 nitrogen and oxygen atoms in total. The van der Waals surface area contributed by atoms with E-state index in [0.29, 0.717) is 12.0 Å². The molecule has 2 aromatic carbocycles. The van der Waals surface area contributed by atoms with Gasteiger partial charge in [-0.25, -0.2) is 4.79 Å². The average Bonchev–Trinajstić information content (AvgIpc) is 2.93. The van der Waals surface area contributed by atoms with E-state index in [1.165, 1.54) is 12.0 Å². The molecule has 2 unspecified atom stereocenters. The van der Waals surface area contributed by atoms with Gasteiger partial charge in [0, 0.05) is 13.0 Å². The molecule has 3 amide bonds. The highest BCUT2D eigenvalue weighted by Gasteiger charge is 2.36. The molecule has 2 rings (SSSR count). The SMILES string of the molecule is CCCCCCCN(C(=O)C(Cc1ccccc1)NC(=O)OC(C)(C)C)C(C(=O)NCC(=O)OC)c1cc(C)cc(C)c1. The van der Waals surface area contributed by atoms with Crippen molar-refractivity contribution in [3.63, 3.8) is 0 Å². The first-order chi connectivity index (χ1) is 20.3. The number of alkyl carbamates (subject to hydrolysis) is 1. The lowest BCUT2D eigenvalue weighted by molar-refractivity contribution is -0.144. The van der Waals surface area contributed by atoms with Gasteiger partial charge in [-0.2, -0.15) is 0 Å². The first-order valence-corrected chi connectivity index (χ1v) is 15.1. The number of carbonyl (C=O) groups excluding carboxylic acids is 4. The number of benzene rings is 2. The topological polar surface area (TPSA) is 114 Å². The van der Waals surface area contributed by atoms with Crippen molar-refractivity contribution in [1.29, 1.82) is 0 Å². The number of unbranched alkanes of at least 4 members (excludes halogenated alkanes) is 4.